The third kappa shape index (κ3) is 3.91. The lowest BCUT2D eigenvalue weighted by Gasteiger charge is -2.26. The molecular formula is C24H19FN4O4. The highest BCUT2D eigenvalue weighted by Crippen LogP contribution is 2.26. The van der Waals surface area contributed by atoms with Crippen molar-refractivity contribution >= 4 is 35.5 Å². The van der Waals surface area contributed by atoms with E-state index in [4.69, 9.17) is 5.73 Å². The number of imide groups is 2. The maximum atomic E-state index is 13.3. The van der Waals surface area contributed by atoms with Crippen LogP contribution in [0.3, 0.4) is 0 Å². The second kappa shape index (κ2) is 8.19. The molecule has 3 N–H and O–H groups in total. The van der Waals surface area contributed by atoms with E-state index in [-0.39, 0.29) is 11.3 Å². The number of carbonyl (C=O) groups is 4. The minimum Gasteiger partial charge on any atom is -0.366 e. The SMILES string of the molecule is Cc1cc(/C=C2\C(=O)NC(=O)N(c3ccc(F)cc3)C2=O)c(C)n1-c1ccc(C(N)=O)cc1. The molecule has 1 aliphatic heterocycles. The van der Waals surface area contributed by atoms with Gasteiger partial charge in [0, 0.05) is 22.6 Å². The summed E-state index contributed by atoms with van der Waals surface area (Å²) in [7, 11) is 0. The summed E-state index contributed by atoms with van der Waals surface area (Å²) >= 11 is 0. The van der Waals surface area contributed by atoms with Crippen molar-refractivity contribution in [1.29, 1.82) is 0 Å². The lowest BCUT2D eigenvalue weighted by molar-refractivity contribution is -0.122. The van der Waals surface area contributed by atoms with E-state index in [1.165, 1.54) is 18.2 Å². The van der Waals surface area contributed by atoms with E-state index in [0.717, 1.165) is 34.1 Å². The number of primary amides is 1. The zero-order chi connectivity index (χ0) is 23.9. The van der Waals surface area contributed by atoms with E-state index in [2.05, 4.69) is 5.32 Å². The van der Waals surface area contributed by atoms with Crippen LogP contribution in [-0.2, 0) is 9.59 Å². The van der Waals surface area contributed by atoms with Gasteiger partial charge in [0.1, 0.15) is 11.4 Å². The Morgan fingerprint density at radius 2 is 1.58 bits per heavy atom. The number of nitrogens with one attached hydrogen (secondary N) is 1. The van der Waals surface area contributed by atoms with E-state index < -0.39 is 29.6 Å². The number of halogens is 1. The molecule has 0 radical (unpaired) electrons. The molecule has 9 heteroatoms. The number of amides is 5. The van der Waals surface area contributed by atoms with E-state index in [0.29, 0.717) is 11.1 Å². The fraction of sp³-hybridized carbons (Fsp3) is 0.0833. The standard InChI is InChI=1S/C24H19FN4O4/c1-13-11-16(14(2)28(13)18-7-3-15(4-8-18)21(26)30)12-20-22(31)27-24(33)29(23(20)32)19-9-5-17(25)6-10-19/h3-12H,1-2H3,(H2,26,30)(H,27,31,33)/b20-12+. The number of nitrogens with zero attached hydrogens (tertiary/aromatic N) is 2. The second-order valence-electron chi connectivity index (χ2n) is 7.51. The average Bonchev–Trinajstić information content (AvgIpc) is 3.05. The van der Waals surface area contributed by atoms with Crippen LogP contribution in [0.1, 0.15) is 27.3 Å². The highest BCUT2D eigenvalue weighted by molar-refractivity contribution is 6.39. The van der Waals surface area contributed by atoms with Crippen molar-refractivity contribution in [2.24, 2.45) is 5.73 Å². The van der Waals surface area contributed by atoms with Gasteiger partial charge in [0.25, 0.3) is 11.8 Å². The summed E-state index contributed by atoms with van der Waals surface area (Å²) < 4.78 is 15.2. The monoisotopic (exact) mass is 446 g/mol. The van der Waals surface area contributed by atoms with Crippen LogP contribution in [0.15, 0.2) is 60.2 Å². The van der Waals surface area contributed by atoms with Crippen LogP contribution in [0.5, 0.6) is 0 Å². The summed E-state index contributed by atoms with van der Waals surface area (Å²) in [6.07, 6.45) is 1.41. The number of nitrogens with two attached hydrogens (primary N) is 1. The van der Waals surface area contributed by atoms with Crippen LogP contribution in [0.25, 0.3) is 11.8 Å². The number of rotatable bonds is 4. The van der Waals surface area contributed by atoms with Crippen molar-refractivity contribution in [2.45, 2.75) is 13.8 Å². The summed E-state index contributed by atoms with van der Waals surface area (Å²) in [4.78, 5) is 49.9. The van der Waals surface area contributed by atoms with Crippen LogP contribution < -0.4 is 16.0 Å². The van der Waals surface area contributed by atoms with Gasteiger partial charge in [0.15, 0.2) is 0 Å². The Morgan fingerprint density at radius 3 is 2.18 bits per heavy atom. The number of carbonyl (C=O) groups excluding carboxylic acids is 4. The number of anilines is 1. The molecule has 1 aliphatic rings. The molecule has 166 valence electrons. The molecule has 1 fully saturated rings. The minimum absolute atomic E-state index is 0.136. The van der Waals surface area contributed by atoms with Crippen LogP contribution >= 0.6 is 0 Å². The van der Waals surface area contributed by atoms with Crippen molar-refractivity contribution in [3.8, 4) is 5.69 Å². The van der Waals surface area contributed by atoms with E-state index in [9.17, 15) is 23.6 Å². The number of urea groups is 1. The second-order valence-corrected chi connectivity index (χ2v) is 7.51. The van der Waals surface area contributed by atoms with Gasteiger partial charge in [0.2, 0.25) is 5.91 Å². The molecule has 4 rings (SSSR count). The Hall–Kier alpha value is -4.53. The zero-order valence-corrected chi connectivity index (χ0v) is 17.8. The van der Waals surface area contributed by atoms with Gasteiger partial charge in [-0.15, -0.1) is 0 Å². The van der Waals surface area contributed by atoms with Crippen molar-refractivity contribution in [1.82, 2.24) is 9.88 Å². The Labute approximate surface area is 188 Å². The fourth-order valence-electron chi connectivity index (χ4n) is 3.74. The first-order chi connectivity index (χ1) is 15.7. The van der Waals surface area contributed by atoms with Crippen LogP contribution in [-0.4, -0.2) is 28.3 Å². The van der Waals surface area contributed by atoms with E-state index in [1.807, 2.05) is 18.4 Å². The molecule has 1 saturated heterocycles. The summed E-state index contributed by atoms with van der Waals surface area (Å²) in [5.74, 6) is -2.69. The summed E-state index contributed by atoms with van der Waals surface area (Å²) in [6, 6.07) is 12.4. The maximum absolute atomic E-state index is 13.3. The zero-order valence-electron chi connectivity index (χ0n) is 17.8. The highest BCUT2D eigenvalue weighted by atomic mass is 19.1. The summed E-state index contributed by atoms with van der Waals surface area (Å²) in [5.41, 5.74) is 8.49. The number of hydrogen-bond acceptors (Lipinski definition) is 4. The molecule has 0 unspecified atom stereocenters. The van der Waals surface area contributed by atoms with Gasteiger partial charge < -0.3 is 10.3 Å². The topological polar surface area (TPSA) is 114 Å². The van der Waals surface area contributed by atoms with Crippen molar-refractivity contribution in [3.63, 3.8) is 0 Å². The van der Waals surface area contributed by atoms with Gasteiger partial charge in [-0.3, -0.25) is 19.7 Å². The molecule has 0 aliphatic carbocycles. The van der Waals surface area contributed by atoms with Gasteiger partial charge in [-0.25, -0.2) is 14.1 Å². The largest absolute Gasteiger partial charge is 0.366 e. The quantitative estimate of drug-likeness (QED) is 0.474. The Balaban J connectivity index is 1.73. The highest BCUT2D eigenvalue weighted by Gasteiger charge is 2.37. The van der Waals surface area contributed by atoms with Gasteiger partial charge in [-0.1, -0.05) is 0 Å². The molecule has 0 spiro atoms. The van der Waals surface area contributed by atoms with Crippen molar-refractivity contribution in [3.05, 3.63) is 88.5 Å². The van der Waals surface area contributed by atoms with Crippen LogP contribution in [0.4, 0.5) is 14.9 Å². The Morgan fingerprint density at radius 1 is 0.970 bits per heavy atom. The lowest BCUT2D eigenvalue weighted by atomic mass is 10.1. The summed E-state index contributed by atoms with van der Waals surface area (Å²) in [6.45, 7) is 3.67. The third-order valence-corrected chi connectivity index (χ3v) is 5.37. The van der Waals surface area contributed by atoms with Crippen LogP contribution in [0.2, 0.25) is 0 Å². The van der Waals surface area contributed by atoms with Crippen molar-refractivity contribution < 1.29 is 23.6 Å². The van der Waals surface area contributed by atoms with Gasteiger partial charge in [-0.2, -0.15) is 0 Å². The van der Waals surface area contributed by atoms with E-state index >= 15 is 0 Å². The number of aryl methyl sites for hydroxylation is 1. The molecule has 8 nitrogen and oxygen atoms in total. The Kier molecular flexibility index (Phi) is 5.39. The Bertz CT molecular complexity index is 1340. The molecular weight excluding hydrogens is 427 g/mol. The van der Waals surface area contributed by atoms with Gasteiger partial charge >= 0.3 is 6.03 Å². The average molecular weight is 446 g/mol. The predicted octanol–water partition coefficient (Wildman–Crippen LogP) is 3.00. The number of barbiturate groups is 1. The first-order valence-corrected chi connectivity index (χ1v) is 9.93. The molecule has 1 aromatic heterocycles. The molecule has 3 aromatic rings. The summed E-state index contributed by atoms with van der Waals surface area (Å²) in [5, 5.41) is 2.15. The number of hydrogen-bond donors (Lipinski definition) is 2. The third-order valence-electron chi connectivity index (χ3n) is 5.37. The van der Waals surface area contributed by atoms with Crippen LogP contribution in [0, 0.1) is 19.7 Å². The normalized spacial score (nSPS) is 15.2. The molecule has 0 saturated carbocycles. The molecule has 2 aromatic carbocycles. The van der Waals surface area contributed by atoms with Gasteiger partial charge in [0.05, 0.1) is 5.69 Å². The molecule has 0 bridgehead atoms. The van der Waals surface area contributed by atoms with Gasteiger partial charge in [-0.05, 0) is 80.1 Å². The number of aromatic nitrogens is 1. The minimum atomic E-state index is -0.909. The van der Waals surface area contributed by atoms with Crippen molar-refractivity contribution in [2.75, 3.05) is 4.90 Å². The molecule has 0 atom stereocenters. The predicted molar refractivity (Wildman–Crippen MR) is 119 cm³/mol. The maximum Gasteiger partial charge on any atom is 0.335 e. The fourth-order valence-corrected chi connectivity index (χ4v) is 3.74. The molecule has 33 heavy (non-hydrogen) atoms. The van der Waals surface area contributed by atoms with E-state index in [1.54, 1.807) is 30.3 Å². The number of benzene rings is 2. The first kappa shape index (κ1) is 21.7. The smallest absolute Gasteiger partial charge is 0.335 e. The molecule has 2 heterocycles. The lowest BCUT2D eigenvalue weighted by Crippen LogP contribution is -2.54. The first-order valence-electron chi connectivity index (χ1n) is 9.93. The molecule has 5 amide bonds.